The van der Waals surface area contributed by atoms with Gasteiger partial charge in [0.15, 0.2) is 0 Å². The number of aryl methyl sites for hydroxylation is 4. The Morgan fingerprint density at radius 3 is 2.37 bits per heavy atom. The van der Waals surface area contributed by atoms with Gasteiger partial charge >= 0.3 is 0 Å². The molecule has 0 saturated heterocycles. The van der Waals surface area contributed by atoms with Crippen LogP contribution in [0.15, 0.2) is 42.5 Å². The molecule has 0 saturated carbocycles. The van der Waals surface area contributed by atoms with E-state index < -0.39 is 0 Å². The van der Waals surface area contributed by atoms with Crippen molar-refractivity contribution < 1.29 is 0 Å². The highest BCUT2D eigenvalue weighted by Crippen LogP contribution is 2.34. The molecule has 0 amide bonds. The first-order valence-corrected chi connectivity index (χ1v) is 6.71. The third kappa shape index (κ3) is 1.77. The van der Waals surface area contributed by atoms with E-state index in [9.17, 15) is 0 Å². The molecule has 0 radical (unpaired) electrons. The Labute approximate surface area is 114 Å². The van der Waals surface area contributed by atoms with Crippen LogP contribution < -0.4 is 0 Å². The van der Waals surface area contributed by atoms with Crippen molar-refractivity contribution in [3.8, 4) is 11.3 Å². The van der Waals surface area contributed by atoms with Crippen LogP contribution >= 0.6 is 0 Å². The fourth-order valence-electron chi connectivity index (χ4n) is 2.96. The SMILES string of the molecule is Cc1ccc2c(c1)c(C)c(-c1ccccc1C)n2C. The molecule has 0 aliphatic carbocycles. The van der Waals surface area contributed by atoms with Crippen molar-refractivity contribution in [3.63, 3.8) is 0 Å². The van der Waals surface area contributed by atoms with E-state index in [1.807, 2.05) is 0 Å². The lowest BCUT2D eigenvalue weighted by atomic mass is 10.0. The molecule has 0 N–H and O–H groups in total. The van der Waals surface area contributed by atoms with Gasteiger partial charge in [0.05, 0.1) is 5.69 Å². The number of fused-ring (bicyclic) bond motifs is 1. The zero-order valence-electron chi connectivity index (χ0n) is 12.0. The number of benzene rings is 2. The summed E-state index contributed by atoms with van der Waals surface area (Å²) in [6.07, 6.45) is 0. The lowest BCUT2D eigenvalue weighted by Gasteiger charge is -2.09. The van der Waals surface area contributed by atoms with Gasteiger partial charge in [-0.15, -0.1) is 0 Å². The van der Waals surface area contributed by atoms with E-state index in [2.05, 4.69) is 74.9 Å². The molecular formula is C18H19N. The summed E-state index contributed by atoms with van der Waals surface area (Å²) < 4.78 is 2.31. The molecule has 0 fully saturated rings. The number of aromatic nitrogens is 1. The standard InChI is InChI=1S/C18H19N/c1-12-9-10-17-16(11-12)14(3)18(19(17)4)15-8-6-5-7-13(15)2/h5-11H,1-4H3. The highest BCUT2D eigenvalue weighted by atomic mass is 14.9. The third-order valence-corrected chi connectivity index (χ3v) is 4.01. The van der Waals surface area contributed by atoms with Crippen LogP contribution in [0.1, 0.15) is 16.7 Å². The van der Waals surface area contributed by atoms with Crippen LogP contribution in [0.2, 0.25) is 0 Å². The van der Waals surface area contributed by atoms with Crippen LogP contribution in [0, 0.1) is 20.8 Å². The smallest absolute Gasteiger partial charge is 0.0521 e. The highest BCUT2D eigenvalue weighted by molar-refractivity contribution is 5.92. The Morgan fingerprint density at radius 1 is 0.895 bits per heavy atom. The molecule has 1 nitrogen and oxygen atoms in total. The molecule has 0 bridgehead atoms. The third-order valence-electron chi connectivity index (χ3n) is 4.01. The lowest BCUT2D eigenvalue weighted by Crippen LogP contribution is -1.94. The van der Waals surface area contributed by atoms with Crippen molar-refractivity contribution in [2.24, 2.45) is 7.05 Å². The van der Waals surface area contributed by atoms with E-state index in [-0.39, 0.29) is 0 Å². The van der Waals surface area contributed by atoms with E-state index >= 15 is 0 Å². The van der Waals surface area contributed by atoms with Crippen LogP contribution in [0.25, 0.3) is 22.2 Å². The van der Waals surface area contributed by atoms with Crippen molar-refractivity contribution in [2.75, 3.05) is 0 Å². The minimum absolute atomic E-state index is 1.31. The second-order valence-electron chi connectivity index (χ2n) is 5.37. The summed E-state index contributed by atoms with van der Waals surface area (Å²) in [6, 6.07) is 15.3. The predicted octanol–water partition coefficient (Wildman–Crippen LogP) is 4.77. The van der Waals surface area contributed by atoms with Gasteiger partial charge in [0.2, 0.25) is 0 Å². The van der Waals surface area contributed by atoms with Crippen LogP contribution in [-0.2, 0) is 7.05 Å². The molecule has 19 heavy (non-hydrogen) atoms. The van der Waals surface area contributed by atoms with Crippen molar-refractivity contribution in [3.05, 3.63) is 59.2 Å². The van der Waals surface area contributed by atoms with Crippen molar-refractivity contribution in [2.45, 2.75) is 20.8 Å². The van der Waals surface area contributed by atoms with Crippen LogP contribution in [0.5, 0.6) is 0 Å². The van der Waals surface area contributed by atoms with Crippen LogP contribution in [0.3, 0.4) is 0 Å². The molecular weight excluding hydrogens is 230 g/mol. The molecule has 1 heterocycles. The minimum Gasteiger partial charge on any atom is -0.343 e. The summed E-state index contributed by atoms with van der Waals surface area (Å²) in [5.74, 6) is 0. The normalized spacial score (nSPS) is 11.2. The fraction of sp³-hybridized carbons (Fsp3) is 0.222. The Kier molecular flexibility index (Phi) is 2.70. The van der Waals surface area contributed by atoms with E-state index in [0.29, 0.717) is 0 Å². The maximum Gasteiger partial charge on any atom is 0.0521 e. The molecule has 2 aromatic carbocycles. The fourth-order valence-corrected chi connectivity index (χ4v) is 2.96. The zero-order chi connectivity index (χ0) is 13.6. The largest absolute Gasteiger partial charge is 0.343 e. The predicted molar refractivity (Wildman–Crippen MR) is 82.6 cm³/mol. The number of nitrogens with zero attached hydrogens (tertiary/aromatic N) is 1. The van der Waals surface area contributed by atoms with Gasteiger partial charge in [0.1, 0.15) is 0 Å². The summed E-state index contributed by atoms with van der Waals surface area (Å²) in [7, 11) is 2.16. The average Bonchev–Trinajstić information content (AvgIpc) is 2.63. The summed E-state index contributed by atoms with van der Waals surface area (Å²) in [6.45, 7) is 6.56. The van der Waals surface area contributed by atoms with Gasteiger partial charge in [0, 0.05) is 23.5 Å². The van der Waals surface area contributed by atoms with Gasteiger partial charge in [0.25, 0.3) is 0 Å². The van der Waals surface area contributed by atoms with Gasteiger partial charge in [-0.05, 0) is 44.0 Å². The van der Waals surface area contributed by atoms with Gasteiger partial charge in [-0.25, -0.2) is 0 Å². The zero-order valence-corrected chi connectivity index (χ0v) is 12.0. The van der Waals surface area contributed by atoms with Crippen LogP contribution in [0.4, 0.5) is 0 Å². The van der Waals surface area contributed by atoms with Crippen molar-refractivity contribution in [1.82, 2.24) is 4.57 Å². The average molecular weight is 249 g/mol. The highest BCUT2D eigenvalue weighted by Gasteiger charge is 2.14. The molecule has 1 heteroatoms. The summed E-state index contributed by atoms with van der Waals surface area (Å²) in [5.41, 5.74) is 7.98. The number of rotatable bonds is 1. The monoisotopic (exact) mass is 249 g/mol. The molecule has 0 atom stereocenters. The topological polar surface area (TPSA) is 4.93 Å². The first-order chi connectivity index (χ1) is 9.09. The minimum atomic E-state index is 1.31. The van der Waals surface area contributed by atoms with E-state index in [0.717, 1.165) is 0 Å². The summed E-state index contributed by atoms with van der Waals surface area (Å²) >= 11 is 0. The van der Waals surface area contributed by atoms with E-state index in [4.69, 9.17) is 0 Å². The van der Waals surface area contributed by atoms with Crippen molar-refractivity contribution in [1.29, 1.82) is 0 Å². The van der Waals surface area contributed by atoms with Crippen molar-refractivity contribution >= 4 is 10.9 Å². The summed E-state index contributed by atoms with van der Waals surface area (Å²) in [5, 5.41) is 1.36. The molecule has 0 unspecified atom stereocenters. The van der Waals surface area contributed by atoms with Gasteiger partial charge < -0.3 is 4.57 Å². The molecule has 0 spiro atoms. The Hall–Kier alpha value is -2.02. The van der Waals surface area contributed by atoms with E-state index in [1.165, 1.54) is 38.9 Å². The maximum absolute atomic E-state index is 2.31. The van der Waals surface area contributed by atoms with Gasteiger partial charge in [-0.2, -0.15) is 0 Å². The Balaban J connectivity index is 2.40. The second-order valence-corrected chi connectivity index (χ2v) is 5.37. The Morgan fingerprint density at radius 2 is 1.63 bits per heavy atom. The molecule has 0 aliphatic heterocycles. The van der Waals surface area contributed by atoms with E-state index in [1.54, 1.807) is 0 Å². The number of hydrogen-bond donors (Lipinski definition) is 0. The first kappa shape index (κ1) is 12.0. The van der Waals surface area contributed by atoms with Gasteiger partial charge in [-0.1, -0.05) is 35.9 Å². The first-order valence-electron chi connectivity index (χ1n) is 6.71. The maximum atomic E-state index is 2.31. The molecule has 3 aromatic rings. The summed E-state index contributed by atoms with van der Waals surface area (Å²) in [4.78, 5) is 0. The molecule has 96 valence electrons. The number of hydrogen-bond acceptors (Lipinski definition) is 0. The molecule has 1 aromatic heterocycles. The molecule has 0 aliphatic rings. The van der Waals surface area contributed by atoms with Crippen LogP contribution in [-0.4, -0.2) is 4.57 Å². The Bertz CT molecular complexity index is 763. The van der Waals surface area contributed by atoms with Gasteiger partial charge in [-0.3, -0.25) is 0 Å². The lowest BCUT2D eigenvalue weighted by molar-refractivity contribution is 0.972. The second kappa shape index (κ2) is 4.27. The quantitative estimate of drug-likeness (QED) is 0.585. The molecule has 3 rings (SSSR count).